The van der Waals surface area contributed by atoms with Crippen LogP contribution in [-0.4, -0.2) is 59.1 Å². The Morgan fingerprint density at radius 2 is 2.07 bits per heavy atom. The summed E-state index contributed by atoms with van der Waals surface area (Å²) < 4.78 is 10.5. The Kier molecular flexibility index (Phi) is 5.80. The fourth-order valence-corrected chi connectivity index (χ4v) is 3.92. The average Bonchev–Trinajstić information content (AvgIpc) is 3.40. The molecule has 1 fully saturated rings. The van der Waals surface area contributed by atoms with Gasteiger partial charge in [0.05, 0.1) is 18.0 Å². The molecule has 2 aromatic heterocycles. The molecule has 28 heavy (non-hydrogen) atoms. The second-order valence-electron chi connectivity index (χ2n) is 6.69. The normalized spacial score (nSPS) is 15.1. The third-order valence-electron chi connectivity index (χ3n) is 4.71. The van der Waals surface area contributed by atoms with Crippen LogP contribution in [0.3, 0.4) is 0 Å². The number of carbonyl (C=O) groups excluding carboxylic acids is 1. The van der Waals surface area contributed by atoms with Crippen LogP contribution in [0.25, 0.3) is 10.7 Å². The number of methoxy groups -OCH3 is 1. The number of ether oxygens (including phenoxy) is 1. The lowest BCUT2D eigenvalue weighted by atomic mass is 10.1. The van der Waals surface area contributed by atoms with Crippen LogP contribution in [0.2, 0.25) is 0 Å². The van der Waals surface area contributed by atoms with E-state index in [4.69, 9.17) is 9.26 Å². The lowest BCUT2D eigenvalue weighted by Gasteiger charge is -2.34. The van der Waals surface area contributed by atoms with E-state index in [1.165, 1.54) is 0 Å². The summed E-state index contributed by atoms with van der Waals surface area (Å²) >= 11 is 1.59. The minimum Gasteiger partial charge on any atom is -0.380 e. The molecule has 3 aromatic rings. The summed E-state index contributed by atoms with van der Waals surface area (Å²) in [5, 5.41) is 6.05. The van der Waals surface area contributed by atoms with E-state index >= 15 is 0 Å². The number of hydrogen-bond acceptors (Lipinski definition) is 7. The molecule has 1 aromatic carbocycles. The van der Waals surface area contributed by atoms with E-state index in [9.17, 15) is 4.79 Å². The van der Waals surface area contributed by atoms with Gasteiger partial charge in [0, 0.05) is 38.9 Å². The maximum absolute atomic E-state index is 12.8. The Bertz CT molecular complexity index is 917. The summed E-state index contributed by atoms with van der Waals surface area (Å²) in [7, 11) is 1.65. The highest BCUT2D eigenvalue weighted by Gasteiger charge is 2.23. The highest BCUT2D eigenvalue weighted by molar-refractivity contribution is 7.13. The van der Waals surface area contributed by atoms with Gasteiger partial charge in [-0.25, -0.2) is 0 Å². The number of piperazine rings is 1. The van der Waals surface area contributed by atoms with Gasteiger partial charge in [-0.05, 0) is 29.1 Å². The summed E-state index contributed by atoms with van der Waals surface area (Å²) in [6, 6.07) is 11.6. The molecule has 3 heterocycles. The number of nitrogens with zero attached hydrogens (tertiary/aromatic N) is 4. The zero-order valence-electron chi connectivity index (χ0n) is 15.7. The summed E-state index contributed by atoms with van der Waals surface area (Å²) in [5.41, 5.74) is 1.71. The van der Waals surface area contributed by atoms with Crippen LogP contribution in [0.1, 0.15) is 21.8 Å². The van der Waals surface area contributed by atoms with Crippen LogP contribution in [0.4, 0.5) is 0 Å². The first kappa shape index (κ1) is 18.8. The Morgan fingerprint density at radius 1 is 1.21 bits per heavy atom. The fraction of sp³-hybridized carbons (Fsp3) is 0.350. The van der Waals surface area contributed by atoms with E-state index in [0.29, 0.717) is 43.5 Å². The maximum atomic E-state index is 12.8. The van der Waals surface area contributed by atoms with E-state index < -0.39 is 0 Å². The maximum Gasteiger partial charge on any atom is 0.253 e. The van der Waals surface area contributed by atoms with Crippen molar-refractivity contribution in [1.82, 2.24) is 19.9 Å². The molecule has 1 amide bonds. The summed E-state index contributed by atoms with van der Waals surface area (Å²) in [4.78, 5) is 22.4. The second-order valence-corrected chi connectivity index (χ2v) is 7.64. The molecule has 1 aliphatic rings. The molecule has 146 valence electrons. The first-order valence-corrected chi connectivity index (χ1v) is 10.1. The number of hydrogen-bond donors (Lipinski definition) is 0. The van der Waals surface area contributed by atoms with Gasteiger partial charge >= 0.3 is 0 Å². The third-order valence-corrected chi connectivity index (χ3v) is 5.58. The van der Waals surface area contributed by atoms with Crippen molar-refractivity contribution in [2.45, 2.75) is 13.2 Å². The Labute approximate surface area is 167 Å². The molecule has 0 spiro atoms. The first-order valence-electron chi connectivity index (χ1n) is 9.19. The van der Waals surface area contributed by atoms with Crippen molar-refractivity contribution in [3.8, 4) is 10.7 Å². The molecule has 0 unspecified atom stereocenters. The quantitative estimate of drug-likeness (QED) is 0.636. The highest BCUT2D eigenvalue weighted by Crippen LogP contribution is 2.22. The van der Waals surface area contributed by atoms with E-state index in [1.807, 2.05) is 46.7 Å². The Hall–Kier alpha value is -2.55. The lowest BCUT2D eigenvalue weighted by molar-refractivity contribution is 0.0615. The van der Waals surface area contributed by atoms with Crippen molar-refractivity contribution in [3.05, 3.63) is 58.8 Å². The van der Waals surface area contributed by atoms with Crippen molar-refractivity contribution < 1.29 is 14.1 Å². The van der Waals surface area contributed by atoms with Gasteiger partial charge in [0.1, 0.15) is 0 Å². The van der Waals surface area contributed by atoms with Crippen LogP contribution < -0.4 is 0 Å². The van der Waals surface area contributed by atoms with Crippen LogP contribution in [-0.2, 0) is 17.9 Å². The van der Waals surface area contributed by atoms with Gasteiger partial charge in [0.2, 0.25) is 11.7 Å². The first-order chi connectivity index (χ1) is 13.7. The van der Waals surface area contributed by atoms with E-state index in [0.717, 1.165) is 23.5 Å². The van der Waals surface area contributed by atoms with Gasteiger partial charge in [0.25, 0.3) is 5.91 Å². The molecule has 0 atom stereocenters. The highest BCUT2D eigenvalue weighted by atomic mass is 32.1. The minimum absolute atomic E-state index is 0.0652. The van der Waals surface area contributed by atoms with Crippen molar-refractivity contribution in [3.63, 3.8) is 0 Å². The summed E-state index contributed by atoms with van der Waals surface area (Å²) in [6.45, 7) is 4.02. The number of benzene rings is 1. The Morgan fingerprint density at radius 3 is 2.82 bits per heavy atom. The number of amides is 1. The molecule has 1 aliphatic heterocycles. The van der Waals surface area contributed by atoms with Gasteiger partial charge < -0.3 is 14.2 Å². The molecule has 1 saturated heterocycles. The third kappa shape index (κ3) is 4.30. The minimum atomic E-state index is 0.0652. The van der Waals surface area contributed by atoms with E-state index in [2.05, 4.69) is 15.0 Å². The van der Waals surface area contributed by atoms with Crippen LogP contribution in [0.15, 0.2) is 46.3 Å². The molecule has 0 N–H and O–H groups in total. The largest absolute Gasteiger partial charge is 0.380 e. The van der Waals surface area contributed by atoms with E-state index in [1.54, 1.807) is 18.4 Å². The van der Waals surface area contributed by atoms with Crippen molar-refractivity contribution in [2.75, 3.05) is 33.3 Å². The zero-order chi connectivity index (χ0) is 19.3. The number of thiophene rings is 1. The molecule has 8 heteroatoms. The van der Waals surface area contributed by atoms with Gasteiger partial charge in [-0.2, -0.15) is 4.98 Å². The van der Waals surface area contributed by atoms with Crippen LogP contribution in [0.5, 0.6) is 0 Å². The van der Waals surface area contributed by atoms with Crippen LogP contribution in [0, 0.1) is 0 Å². The topological polar surface area (TPSA) is 71.7 Å². The van der Waals surface area contributed by atoms with Crippen LogP contribution >= 0.6 is 11.3 Å². The summed E-state index contributed by atoms with van der Waals surface area (Å²) in [6.07, 6.45) is 0. The number of aromatic nitrogens is 2. The fourth-order valence-electron chi connectivity index (χ4n) is 3.27. The van der Waals surface area contributed by atoms with Gasteiger partial charge in [0.15, 0.2) is 0 Å². The van der Waals surface area contributed by atoms with Gasteiger partial charge in [-0.3, -0.25) is 9.69 Å². The van der Waals surface area contributed by atoms with Crippen molar-refractivity contribution >= 4 is 17.2 Å². The lowest BCUT2D eigenvalue weighted by Crippen LogP contribution is -2.48. The van der Waals surface area contributed by atoms with Gasteiger partial charge in [-0.1, -0.05) is 23.4 Å². The van der Waals surface area contributed by atoms with Gasteiger partial charge in [-0.15, -0.1) is 11.3 Å². The monoisotopic (exact) mass is 398 g/mol. The predicted octanol–water partition coefficient (Wildman–Crippen LogP) is 2.90. The number of rotatable bonds is 6. The SMILES string of the molecule is COCc1cccc(C(=O)N2CCN(Cc3nc(-c4cccs4)no3)CC2)c1. The molecular weight excluding hydrogens is 376 g/mol. The number of carbonyl (C=O) groups is 1. The smallest absolute Gasteiger partial charge is 0.253 e. The zero-order valence-corrected chi connectivity index (χ0v) is 16.5. The molecule has 4 rings (SSSR count). The summed E-state index contributed by atoms with van der Waals surface area (Å²) in [5.74, 6) is 1.31. The van der Waals surface area contributed by atoms with E-state index in [-0.39, 0.29) is 5.91 Å². The standard InChI is InChI=1S/C20H22N4O3S/c1-26-14-15-4-2-5-16(12-15)20(25)24-9-7-23(8-10-24)13-18-21-19(22-27-18)17-6-3-11-28-17/h2-6,11-12H,7-10,13-14H2,1H3. The molecule has 7 nitrogen and oxygen atoms in total. The van der Waals surface area contributed by atoms with Crippen molar-refractivity contribution in [2.24, 2.45) is 0 Å². The van der Waals surface area contributed by atoms with Crippen molar-refractivity contribution in [1.29, 1.82) is 0 Å². The second kappa shape index (κ2) is 8.64. The average molecular weight is 398 g/mol. The Balaban J connectivity index is 1.32. The molecule has 0 radical (unpaired) electrons. The molecule has 0 bridgehead atoms. The molecule has 0 saturated carbocycles. The molecular formula is C20H22N4O3S. The predicted molar refractivity (Wildman–Crippen MR) is 106 cm³/mol. The molecule has 0 aliphatic carbocycles.